The van der Waals surface area contributed by atoms with Gasteiger partial charge in [-0.3, -0.25) is 13.9 Å². The average Bonchev–Trinajstić information content (AvgIpc) is 3.36. The van der Waals surface area contributed by atoms with Gasteiger partial charge in [-0.15, -0.1) is 0 Å². The lowest BCUT2D eigenvalue weighted by Gasteiger charge is -2.19. The number of carboxylic acid groups (broad SMARTS) is 1. The predicted octanol–water partition coefficient (Wildman–Crippen LogP) is 4.45. The van der Waals surface area contributed by atoms with E-state index in [1.54, 1.807) is 30.3 Å². The molecule has 1 aliphatic heterocycles. The first-order valence-electron chi connectivity index (χ1n) is 12.0. The second kappa shape index (κ2) is 8.55. The highest BCUT2D eigenvalue weighted by Crippen LogP contribution is 2.51. The monoisotopic (exact) mass is 520 g/mol. The first-order valence-corrected chi connectivity index (χ1v) is 12.4. The molecule has 2 aromatic carbocycles. The van der Waals surface area contributed by atoms with Crippen LogP contribution in [-0.2, 0) is 5.54 Å². The van der Waals surface area contributed by atoms with Crippen LogP contribution in [0.4, 0.5) is 4.39 Å². The van der Waals surface area contributed by atoms with Gasteiger partial charge in [0, 0.05) is 30.4 Å². The number of aromatic carboxylic acids is 1. The van der Waals surface area contributed by atoms with Crippen molar-refractivity contribution in [2.45, 2.75) is 31.2 Å². The first kappa shape index (κ1) is 23.4. The van der Waals surface area contributed by atoms with Crippen LogP contribution in [0.5, 0.6) is 0 Å². The number of pyridine rings is 1. The molecule has 0 unspecified atom stereocenters. The molecule has 1 N–H and O–H groups in total. The number of carbonyl (C=O) groups excluding carboxylic acids is 1. The standard InChI is InChI=1S/C27H22ClFN4O4/c28-17-14-21-23(30-15-17)33(27(10-11-27)20-5-3-4-19(22(20)29)25(35)36)26(37)32(21)18-8-6-16(7-9-18)24(34)31-12-1-2-13-31/h3-9,14-15H,1-2,10-13H2,(H,35,36). The molecule has 8 nitrogen and oxygen atoms in total. The Bertz CT molecular complexity index is 1630. The van der Waals surface area contributed by atoms with E-state index in [9.17, 15) is 19.5 Å². The Balaban J connectivity index is 1.50. The highest BCUT2D eigenvalue weighted by atomic mass is 35.5. The lowest BCUT2D eigenvalue weighted by molar-refractivity contribution is 0.0690. The zero-order valence-electron chi connectivity index (χ0n) is 19.7. The van der Waals surface area contributed by atoms with Crippen molar-refractivity contribution in [2.24, 2.45) is 0 Å². The van der Waals surface area contributed by atoms with Gasteiger partial charge < -0.3 is 10.0 Å². The second-order valence-corrected chi connectivity index (χ2v) is 9.94. The molecular formula is C27H22ClFN4O4. The van der Waals surface area contributed by atoms with E-state index in [0.29, 0.717) is 40.3 Å². The lowest BCUT2D eigenvalue weighted by atomic mass is 10.0. The van der Waals surface area contributed by atoms with E-state index in [-0.39, 0.29) is 11.5 Å². The fourth-order valence-electron chi connectivity index (χ4n) is 5.33. The van der Waals surface area contributed by atoms with E-state index in [4.69, 9.17) is 11.6 Å². The van der Waals surface area contributed by atoms with Crippen LogP contribution in [0.15, 0.2) is 59.5 Å². The number of rotatable bonds is 5. The van der Waals surface area contributed by atoms with Crippen molar-refractivity contribution < 1.29 is 19.1 Å². The Morgan fingerprint density at radius 1 is 1.05 bits per heavy atom. The maximum Gasteiger partial charge on any atom is 0.338 e. The van der Waals surface area contributed by atoms with Crippen molar-refractivity contribution >= 4 is 34.6 Å². The summed E-state index contributed by atoms with van der Waals surface area (Å²) < 4.78 is 18.2. The fourth-order valence-corrected chi connectivity index (χ4v) is 5.48. The van der Waals surface area contributed by atoms with Gasteiger partial charge in [0.2, 0.25) is 0 Å². The predicted molar refractivity (Wildman–Crippen MR) is 135 cm³/mol. The molecule has 2 fully saturated rings. The zero-order valence-corrected chi connectivity index (χ0v) is 20.4. The fraction of sp³-hybridized carbons (Fsp3) is 0.259. The Kier molecular flexibility index (Phi) is 5.41. The maximum atomic E-state index is 15.3. The molecule has 0 radical (unpaired) electrons. The van der Waals surface area contributed by atoms with Crippen molar-refractivity contribution in [1.82, 2.24) is 19.0 Å². The summed E-state index contributed by atoms with van der Waals surface area (Å²) in [6.07, 6.45) is 4.29. The summed E-state index contributed by atoms with van der Waals surface area (Å²) in [5.74, 6) is -2.29. The number of halogens is 2. The molecule has 0 bridgehead atoms. The number of fused-ring (bicyclic) bond motifs is 1. The van der Waals surface area contributed by atoms with Crippen LogP contribution in [0.2, 0.25) is 5.02 Å². The molecule has 0 atom stereocenters. The number of likely N-dealkylation sites (tertiary alicyclic amines) is 1. The molecule has 1 amide bonds. The number of nitrogens with zero attached hydrogens (tertiary/aromatic N) is 4. The number of carboxylic acids is 1. The number of benzene rings is 2. The molecule has 1 aliphatic carbocycles. The molecule has 3 heterocycles. The summed E-state index contributed by atoms with van der Waals surface area (Å²) in [5, 5.41) is 9.74. The summed E-state index contributed by atoms with van der Waals surface area (Å²) >= 11 is 6.24. The maximum absolute atomic E-state index is 15.3. The Hall–Kier alpha value is -3.98. The highest BCUT2D eigenvalue weighted by molar-refractivity contribution is 6.31. The van der Waals surface area contributed by atoms with Crippen molar-refractivity contribution in [2.75, 3.05) is 13.1 Å². The van der Waals surface area contributed by atoms with Crippen molar-refractivity contribution in [3.05, 3.63) is 92.7 Å². The van der Waals surface area contributed by atoms with Crippen LogP contribution < -0.4 is 5.69 Å². The van der Waals surface area contributed by atoms with E-state index in [0.717, 1.165) is 25.9 Å². The average molecular weight is 521 g/mol. The molecule has 2 aliphatic rings. The van der Waals surface area contributed by atoms with Crippen LogP contribution in [0.3, 0.4) is 0 Å². The summed E-state index contributed by atoms with van der Waals surface area (Å²) in [6, 6.07) is 12.6. The summed E-state index contributed by atoms with van der Waals surface area (Å²) in [4.78, 5) is 44.5. The van der Waals surface area contributed by atoms with Gasteiger partial charge in [0.1, 0.15) is 5.82 Å². The van der Waals surface area contributed by atoms with Crippen LogP contribution >= 0.6 is 11.6 Å². The molecule has 37 heavy (non-hydrogen) atoms. The summed E-state index contributed by atoms with van der Waals surface area (Å²) in [5.41, 5.74) is -0.0619. The third kappa shape index (κ3) is 3.64. The minimum atomic E-state index is -1.38. The Labute approximate surface area is 215 Å². The minimum absolute atomic E-state index is 0.0470. The molecule has 2 aromatic heterocycles. The van der Waals surface area contributed by atoms with Gasteiger partial charge in [-0.25, -0.2) is 19.0 Å². The van der Waals surface area contributed by atoms with Gasteiger partial charge in [0.05, 0.1) is 27.3 Å². The number of hydrogen-bond acceptors (Lipinski definition) is 4. The van der Waals surface area contributed by atoms with Gasteiger partial charge >= 0.3 is 11.7 Å². The van der Waals surface area contributed by atoms with Gasteiger partial charge in [0.15, 0.2) is 5.65 Å². The van der Waals surface area contributed by atoms with Gasteiger partial charge in [-0.2, -0.15) is 0 Å². The molecule has 188 valence electrons. The summed E-state index contributed by atoms with van der Waals surface area (Å²) in [6.45, 7) is 1.47. The van der Waals surface area contributed by atoms with Crippen molar-refractivity contribution in [3.63, 3.8) is 0 Å². The largest absolute Gasteiger partial charge is 0.478 e. The smallest absolute Gasteiger partial charge is 0.338 e. The SMILES string of the molecule is O=C(O)c1cccc(C2(n3c(=O)n(-c4ccc(C(=O)N5CCCC5)cc4)c4cc(Cl)cnc43)CC2)c1F. The van der Waals surface area contributed by atoms with E-state index >= 15 is 4.39 Å². The van der Waals surface area contributed by atoms with Crippen LogP contribution in [-0.4, -0.2) is 49.1 Å². The van der Waals surface area contributed by atoms with Gasteiger partial charge in [-0.1, -0.05) is 23.7 Å². The minimum Gasteiger partial charge on any atom is -0.478 e. The number of amides is 1. The Morgan fingerprint density at radius 3 is 2.41 bits per heavy atom. The van der Waals surface area contributed by atoms with E-state index in [1.165, 1.54) is 33.5 Å². The molecular weight excluding hydrogens is 499 g/mol. The van der Waals surface area contributed by atoms with Crippen LogP contribution in [0, 0.1) is 5.82 Å². The molecule has 0 spiro atoms. The third-order valence-corrected chi connectivity index (χ3v) is 7.50. The van der Waals surface area contributed by atoms with E-state index < -0.39 is 28.6 Å². The topological polar surface area (TPSA) is 97.4 Å². The lowest BCUT2D eigenvalue weighted by Crippen LogP contribution is -2.33. The normalized spacial score (nSPS) is 16.3. The third-order valence-electron chi connectivity index (χ3n) is 7.30. The highest BCUT2D eigenvalue weighted by Gasteiger charge is 2.51. The first-order chi connectivity index (χ1) is 17.8. The van der Waals surface area contributed by atoms with Gasteiger partial charge in [-0.05, 0) is 62.1 Å². The number of imidazole rings is 1. The van der Waals surface area contributed by atoms with Crippen molar-refractivity contribution in [1.29, 1.82) is 0 Å². The van der Waals surface area contributed by atoms with Crippen LogP contribution in [0.25, 0.3) is 16.9 Å². The molecule has 10 heteroatoms. The molecule has 1 saturated carbocycles. The molecule has 1 saturated heterocycles. The van der Waals surface area contributed by atoms with E-state index in [1.807, 2.05) is 4.90 Å². The number of hydrogen-bond donors (Lipinski definition) is 1. The van der Waals surface area contributed by atoms with E-state index in [2.05, 4.69) is 4.98 Å². The van der Waals surface area contributed by atoms with Crippen LogP contribution in [0.1, 0.15) is 52.0 Å². The van der Waals surface area contributed by atoms with Crippen molar-refractivity contribution in [3.8, 4) is 5.69 Å². The number of carbonyl (C=O) groups is 2. The van der Waals surface area contributed by atoms with Gasteiger partial charge in [0.25, 0.3) is 5.91 Å². The summed E-state index contributed by atoms with van der Waals surface area (Å²) in [7, 11) is 0. The zero-order chi connectivity index (χ0) is 25.9. The molecule has 6 rings (SSSR count). The second-order valence-electron chi connectivity index (χ2n) is 9.50. The number of aromatic nitrogens is 3. The Morgan fingerprint density at radius 2 is 1.76 bits per heavy atom. The quantitative estimate of drug-likeness (QED) is 0.419. The molecule has 4 aromatic rings.